The number of urea groups is 3. The number of hydrogen-bond donors (Lipinski definition) is 3. The zero-order valence-corrected chi connectivity index (χ0v) is 70.8. The average Bonchev–Trinajstić information content (AvgIpc) is 1.67. The molecule has 21 nitrogen and oxygen atoms in total. The number of hydrogen-bond acceptors (Lipinski definition) is 12. The van der Waals surface area contributed by atoms with Crippen molar-refractivity contribution in [1.29, 1.82) is 10.5 Å². The van der Waals surface area contributed by atoms with Gasteiger partial charge in [-0.2, -0.15) is 10.5 Å². The molecule has 616 valence electrons. The largest absolute Gasteiger partial charge is 0.335 e. The van der Waals surface area contributed by atoms with Crippen molar-refractivity contribution in [2.75, 3.05) is 63.0 Å². The lowest BCUT2D eigenvalue weighted by Crippen LogP contribution is -2.51. The summed E-state index contributed by atoms with van der Waals surface area (Å²) < 4.78 is 6.54. The molecule has 6 amide bonds. The summed E-state index contributed by atoms with van der Waals surface area (Å²) in [5, 5.41) is 29.5. The van der Waals surface area contributed by atoms with Crippen molar-refractivity contribution in [3.05, 3.63) is 306 Å². The van der Waals surface area contributed by atoms with Crippen molar-refractivity contribution in [3.63, 3.8) is 0 Å². The second-order valence-electron chi connectivity index (χ2n) is 32.4. The number of carbonyl (C=O) groups excluding carboxylic acids is 3. The Morgan fingerprint density at radius 2 is 0.785 bits per heavy atom. The molecule has 3 atom stereocenters. The SMILES string of the molecule is Cc1nccn1CCC1=Cc2cccnc2C(C2CCN(C(=O)NC3CCCCC3)CC2)c2ccc(Cl)cc21.Cc1nccn1CCC1=Cc2cccnc2C(C2CCN(C(=O)Nc3ccc(C#N)cc3)CC2)c2ccc(Cl)cc21.Cc1nccn1CCC1=Cc2cccnc2C(N2CCN(C(=O)Nc3ccc(C#N)cc3)CC2)c2ccc(Cl)cc21. The van der Waals surface area contributed by atoms with Crippen LogP contribution < -0.4 is 16.0 Å². The third-order valence-corrected chi connectivity index (χ3v) is 25.9. The fourth-order valence-corrected chi connectivity index (χ4v) is 19.2. The molecular formula is C97H99Cl3N18O3. The van der Waals surface area contributed by atoms with E-state index in [1.165, 1.54) is 69.4 Å². The van der Waals surface area contributed by atoms with Gasteiger partial charge in [0.1, 0.15) is 17.5 Å². The van der Waals surface area contributed by atoms with Crippen LogP contribution in [0.15, 0.2) is 195 Å². The van der Waals surface area contributed by atoms with E-state index >= 15 is 0 Å². The van der Waals surface area contributed by atoms with Gasteiger partial charge in [-0.1, -0.05) is 90.5 Å². The third-order valence-electron chi connectivity index (χ3n) is 25.2. The number of allylic oxidation sites excluding steroid dienone is 3. The van der Waals surface area contributed by atoms with E-state index in [9.17, 15) is 14.4 Å². The van der Waals surface area contributed by atoms with E-state index in [1.54, 1.807) is 48.5 Å². The number of nitrogens with one attached hydrogen (secondary N) is 3. The van der Waals surface area contributed by atoms with Gasteiger partial charge in [-0.25, -0.2) is 29.3 Å². The second-order valence-corrected chi connectivity index (χ2v) is 33.8. The molecule has 3 aliphatic heterocycles. The molecule has 3 N–H and O–H groups in total. The van der Waals surface area contributed by atoms with Gasteiger partial charge in [-0.05, 0) is 279 Å². The number of nitriles is 2. The van der Waals surface area contributed by atoms with Crippen LogP contribution in [0, 0.1) is 55.3 Å². The number of imidazole rings is 3. The smallest absolute Gasteiger partial charge is 0.321 e. The van der Waals surface area contributed by atoms with E-state index in [-0.39, 0.29) is 36.0 Å². The van der Waals surface area contributed by atoms with E-state index in [1.807, 2.05) is 128 Å². The van der Waals surface area contributed by atoms with Crippen LogP contribution in [0.5, 0.6) is 0 Å². The lowest BCUT2D eigenvalue weighted by molar-refractivity contribution is 0.125. The molecule has 4 fully saturated rings. The number of aryl methyl sites for hydroxylation is 6. The summed E-state index contributed by atoms with van der Waals surface area (Å²) in [4.78, 5) is 75.2. The molecule has 7 aliphatic rings. The van der Waals surface area contributed by atoms with E-state index in [0.717, 1.165) is 152 Å². The summed E-state index contributed by atoms with van der Waals surface area (Å²) in [7, 11) is 0. The molecule has 0 spiro atoms. The van der Waals surface area contributed by atoms with Gasteiger partial charge in [0.2, 0.25) is 0 Å². The number of anilines is 2. The van der Waals surface area contributed by atoms with Crippen molar-refractivity contribution >= 4 is 99.2 Å². The van der Waals surface area contributed by atoms with Crippen LogP contribution in [0.25, 0.3) is 34.9 Å². The first kappa shape index (κ1) is 82.7. The summed E-state index contributed by atoms with van der Waals surface area (Å²) in [5.41, 5.74) is 20.2. The van der Waals surface area contributed by atoms with Crippen molar-refractivity contribution < 1.29 is 14.4 Å². The van der Waals surface area contributed by atoms with Gasteiger partial charge in [0.05, 0.1) is 46.4 Å². The minimum absolute atomic E-state index is 0.0639. The topological polar surface area (TPSA) is 240 Å². The number of likely N-dealkylation sites (tertiary alicyclic amines) is 2. The molecule has 5 aromatic carbocycles. The van der Waals surface area contributed by atoms with Crippen LogP contribution in [0.3, 0.4) is 0 Å². The number of nitrogens with zero attached hydrogens (tertiary/aromatic N) is 15. The highest BCUT2D eigenvalue weighted by Crippen LogP contribution is 2.49. The summed E-state index contributed by atoms with van der Waals surface area (Å²) in [6.07, 6.45) is 36.3. The molecule has 0 radical (unpaired) electrons. The molecule has 0 bridgehead atoms. The Kier molecular flexibility index (Phi) is 26.1. The maximum Gasteiger partial charge on any atom is 0.321 e. The molecule has 9 heterocycles. The second kappa shape index (κ2) is 38.2. The zero-order valence-electron chi connectivity index (χ0n) is 68.5. The van der Waals surface area contributed by atoms with Gasteiger partial charge in [-0.3, -0.25) is 19.9 Å². The normalized spacial score (nSPS) is 17.8. The van der Waals surface area contributed by atoms with E-state index in [4.69, 9.17) is 60.3 Å². The van der Waals surface area contributed by atoms with Gasteiger partial charge in [0.15, 0.2) is 0 Å². The molecule has 24 heteroatoms. The van der Waals surface area contributed by atoms with Gasteiger partial charge in [-0.15, -0.1) is 0 Å². The Hall–Kier alpha value is -12.0. The first-order valence-electron chi connectivity index (χ1n) is 42.3. The highest BCUT2D eigenvalue weighted by Gasteiger charge is 2.39. The number of pyridine rings is 3. The zero-order chi connectivity index (χ0) is 83.5. The van der Waals surface area contributed by atoms with Gasteiger partial charge in [0.25, 0.3) is 0 Å². The number of rotatable bonds is 15. The molecule has 11 aromatic rings. The van der Waals surface area contributed by atoms with Gasteiger partial charge in [0, 0.05) is 172 Å². The van der Waals surface area contributed by atoms with Crippen LogP contribution in [-0.4, -0.2) is 140 Å². The predicted octanol–water partition coefficient (Wildman–Crippen LogP) is 20.2. The van der Waals surface area contributed by atoms with Crippen LogP contribution in [0.2, 0.25) is 15.1 Å². The highest BCUT2D eigenvalue weighted by molar-refractivity contribution is 6.31. The molecular weight excluding hydrogens is 1570 g/mol. The Bertz CT molecular complexity index is 5500. The number of halogens is 3. The van der Waals surface area contributed by atoms with Crippen LogP contribution >= 0.6 is 34.8 Å². The standard InChI is InChI=1S/C33H31ClN6O.C32H30ClN7O.C32H38ClN5O/c1-22-36-14-18-39(22)15-12-25-19-26-3-2-13-37-32(26)31(29-9-6-27(34)20-30(25)29)24-10-16-40(17-11-24)33(41)38-28-7-4-23(21-35)5-8-28;1-22-35-12-14-38(22)13-10-24-19-25-3-2-11-36-30(25)31(28-9-6-26(33)20-29(24)28)39-15-17-40(18-16-39)32(41)37-27-7-4-23(21-34)5-8-27;1-22-34-15-19-37(22)16-13-24-20-25-6-5-14-35-31(25)30(28-10-9-26(33)21-29(24)28)23-11-17-38(18-12-23)32(39)36-27-7-3-2-4-8-27/h2-9,13-14,18-20,24,31H,10-12,15-17H2,1H3,(H,38,41);2-9,11-12,14,19-20,31H,10,13,15-18H2,1H3,(H,37,41);5-6,9-10,14-15,19-21,23,27,30H,2-4,7-8,11-13,16-18H2,1H3,(H,36,39). The Balaban J connectivity index is 0.000000135. The van der Waals surface area contributed by atoms with E-state index in [2.05, 4.69) is 134 Å². The summed E-state index contributed by atoms with van der Waals surface area (Å²) in [5.74, 6) is 4.01. The lowest BCUT2D eigenvalue weighted by Gasteiger charge is -2.39. The molecule has 3 unspecified atom stereocenters. The summed E-state index contributed by atoms with van der Waals surface area (Å²) in [6, 6.07) is 49.5. The van der Waals surface area contributed by atoms with Gasteiger partial charge < -0.3 is 44.4 Å². The third kappa shape index (κ3) is 19.3. The highest BCUT2D eigenvalue weighted by atomic mass is 35.5. The molecule has 6 aromatic heterocycles. The fourth-order valence-electron chi connectivity index (χ4n) is 18.7. The van der Waals surface area contributed by atoms with Gasteiger partial charge >= 0.3 is 18.1 Å². The number of carbonyl (C=O) groups is 3. The first-order valence-corrected chi connectivity index (χ1v) is 43.4. The number of amides is 6. The number of fused-ring (bicyclic) bond motifs is 6. The average molecular weight is 1670 g/mol. The molecule has 18 rings (SSSR count). The Morgan fingerprint density at radius 1 is 0.413 bits per heavy atom. The first-order chi connectivity index (χ1) is 59.1. The molecule has 3 saturated heterocycles. The minimum atomic E-state index is -0.139. The van der Waals surface area contributed by atoms with E-state index < -0.39 is 0 Å². The minimum Gasteiger partial charge on any atom is -0.335 e. The fraction of sp³-hybridized carbons (Fsp3) is 0.330. The Morgan fingerprint density at radius 3 is 1.18 bits per heavy atom. The van der Waals surface area contributed by atoms with Crippen molar-refractivity contribution in [2.45, 2.75) is 141 Å². The maximum absolute atomic E-state index is 13.0. The van der Waals surface area contributed by atoms with Crippen molar-refractivity contribution in [3.8, 4) is 12.1 Å². The summed E-state index contributed by atoms with van der Waals surface area (Å²) >= 11 is 19.7. The predicted molar refractivity (Wildman–Crippen MR) is 478 cm³/mol. The molecule has 1 saturated carbocycles. The van der Waals surface area contributed by atoms with Crippen molar-refractivity contribution in [1.82, 2.24) is 68.5 Å². The Labute approximate surface area is 722 Å². The van der Waals surface area contributed by atoms with Crippen molar-refractivity contribution in [2.24, 2.45) is 11.8 Å². The van der Waals surface area contributed by atoms with Crippen LogP contribution in [-0.2, 0) is 19.6 Å². The molecule has 121 heavy (non-hydrogen) atoms. The van der Waals surface area contributed by atoms with E-state index in [0.29, 0.717) is 84.7 Å². The maximum atomic E-state index is 13.0. The summed E-state index contributed by atoms with van der Waals surface area (Å²) in [6.45, 7) is 14.1. The number of aromatic nitrogens is 9. The number of piperidine rings is 2. The number of benzene rings is 5. The number of piperazine rings is 1. The molecule has 4 aliphatic carbocycles. The van der Waals surface area contributed by atoms with Crippen LogP contribution in [0.4, 0.5) is 25.8 Å². The monoisotopic (exact) mass is 1670 g/mol. The lowest BCUT2D eigenvalue weighted by atomic mass is 9.76. The quantitative estimate of drug-likeness (QED) is 0.0868. The van der Waals surface area contributed by atoms with Crippen LogP contribution in [0.1, 0.15) is 191 Å².